The molecule has 1 aromatic carbocycles. The topological polar surface area (TPSA) is 60.9 Å². The van der Waals surface area contributed by atoms with Crippen molar-refractivity contribution in [2.45, 2.75) is 0 Å². The standard InChI is InChI=1S/C18H20N6/c1-2-5-15(6-3-1)7-4-8-23-9-11-24(12-10-23)18-16-17(20-13-19-16)21-14-22-18/h1-7,13-14H,8-12H2,(H,19,20,21,22). The van der Waals surface area contributed by atoms with Gasteiger partial charge in [-0.15, -0.1) is 0 Å². The van der Waals surface area contributed by atoms with Crippen LogP contribution in [-0.4, -0.2) is 57.6 Å². The number of piperazine rings is 1. The number of aromatic nitrogens is 4. The van der Waals surface area contributed by atoms with E-state index in [0.717, 1.165) is 49.7 Å². The van der Waals surface area contributed by atoms with Crippen molar-refractivity contribution >= 4 is 23.1 Å². The third-order valence-electron chi connectivity index (χ3n) is 4.35. The predicted molar refractivity (Wildman–Crippen MR) is 95.8 cm³/mol. The van der Waals surface area contributed by atoms with E-state index >= 15 is 0 Å². The van der Waals surface area contributed by atoms with Crippen LogP contribution in [0, 0.1) is 0 Å². The minimum Gasteiger partial charge on any atom is -0.352 e. The zero-order valence-corrected chi connectivity index (χ0v) is 13.5. The summed E-state index contributed by atoms with van der Waals surface area (Å²) in [7, 11) is 0. The fourth-order valence-corrected chi connectivity index (χ4v) is 3.04. The van der Waals surface area contributed by atoms with Gasteiger partial charge in [0.15, 0.2) is 11.5 Å². The number of nitrogens with zero attached hydrogens (tertiary/aromatic N) is 5. The van der Waals surface area contributed by atoms with Crippen LogP contribution in [0.5, 0.6) is 0 Å². The highest BCUT2D eigenvalue weighted by molar-refractivity contribution is 5.82. The average molecular weight is 320 g/mol. The molecule has 24 heavy (non-hydrogen) atoms. The van der Waals surface area contributed by atoms with E-state index in [4.69, 9.17) is 0 Å². The van der Waals surface area contributed by atoms with Crippen LogP contribution in [0.4, 0.5) is 5.82 Å². The molecule has 122 valence electrons. The van der Waals surface area contributed by atoms with Crippen molar-refractivity contribution in [3.05, 3.63) is 54.6 Å². The van der Waals surface area contributed by atoms with Crippen LogP contribution in [0.2, 0.25) is 0 Å². The lowest BCUT2D eigenvalue weighted by Crippen LogP contribution is -2.46. The Labute approximate surface area is 140 Å². The number of benzene rings is 1. The first-order chi connectivity index (χ1) is 11.9. The summed E-state index contributed by atoms with van der Waals surface area (Å²) in [5, 5.41) is 0. The number of fused-ring (bicyclic) bond motifs is 1. The number of rotatable bonds is 4. The van der Waals surface area contributed by atoms with Gasteiger partial charge in [0.2, 0.25) is 0 Å². The van der Waals surface area contributed by atoms with E-state index in [2.05, 4.69) is 66.2 Å². The monoisotopic (exact) mass is 320 g/mol. The van der Waals surface area contributed by atoms with Gasteiger partial charge in [0, 0.05) is 32.7 Å². The van der Waals surface area contributed by atoms with Crippen LogP contribution >= 0.6 is 0 Å². The molecular weight excluding hydrogens is 300 g/mol. The smallest absolute Gasteiger partial charge is 0.182 e. The summed E-state index contributed by atoms with van der Waals surface area (Å²) < 4.78 is 0. The summed E-state index contributed by atoms with van der Waals surface area (Å²) in [5.41, 5.74) is 2.90. The minimum atomic E-state index is 0.730. The molecule has 1 fully saturated rings. The average Bonchev–Trinajstić information content (AvgIpc) is 3.12. The summed E-state index contributed by atoms with van der Waals surface area (Å²) in [4.78, 5) is 20.7. The molecule has 1 aliphatic rings. The Bertz CT molecular complexity index is 818. The Kier molecular flexibility index (Phi) is 4.20. The molecule has 0 aliphatic carbocycles. The lowest BCUT2D eigenvalue weighted by Gasteiger charge is -2.34. The van der Waals surface area contributed by atoms with Crippen LogP contribution in [0.15, 0.2) is 49.1 Å². The molecule has 0 radical (unpaired) electrons. The Balaban J connectivity index is 1.35. The zero-order valence-electron chi connectivity index (χ0n) is 13.5. The second kappa shape index (κ2) is 6.80. The molecule has 0 bridgehead atoms. The first-order valence-corrected chi connectivity index (χ1v) is 8.23. The maximum absolute atomic E-state index is 4.44. The first-order valence-electron chi connectivity index (χ1n) is 8.23. The minimum absolute atomic E-state index is 0.730. The molecule has 3 heterocycles. The number of hydrogen-bond donors (Lipinski definition) is 1. The fraction of sp³-hybridized carbons (Fsp3) is 0.278. The molecule has 6 nitrogen and oxygen atoms in total. The van der Waals surface area contributed by atoms with Gasteiger partial charge in [-0.1, -0.05) is 42.5 Å². The van der Waals surface area contributed by atoms with Crippen LogP contribution in [0.25, 0.3) is 17.2 Å². The predicted octanol–water partition coefficient (Wildman–Crippen LogP) is 2.19. The van der Waals surface area contributed by atoms with Gasteiger partial charge in [-0.05, 0) is 5.56 Å². The largest absolute Gasteiger partial charge is 0.352 e. The quantitative estimate of drug-likeness (QED) is 0.798. The third kappa shape index (κ3) is 3.14. The Morgan fingerprint density at radius 3 is 2.67 bits per heavy atom. The summed E-state index contributed by atoms with van der Waals surface area (Å²) in [6.07, 6.45) is 7.69. The van der Waals surface area contributed by atoms with Crippen molar-refractivity contribution in [1.29, 1.82) is 0 Å². The number of anilines is 1. The van der Waals surface area contributed by atoms with Crippen LogP contribution in [0.1, 0.15) is 5.56 Å². The van der Waals surface area contributed by atoms with Gasteiger partial charge in [-0.2, -0.15) is 0 Å². The summed E-state index contributed by atoms with van der Waals surface area (Å²) >= 11 is 0. The summed E-state index contributed by atoms with van der Waals surface area (Å²) in [6.45, 7) is 4.96. The molecule has 3 aromatic rings. The molecule has 0 atom stereocenters. The van der Waals surface area contributed by atoms with Gasteiger partial charge in [0.05, 0.1) is 6.33 Å². The maximum atomic E-state index is 4.44. The highest BCUT2D eigenvalue weighted by atomic mass is 15.3. The van der Waals surface area contributed by atoms with Crippen molar-refractivity contribution in [1.82, 2.24) is 24.8 Å². The molecule has 0 saturated carbocycles. The number of H-pyrrole nitrogens is 1. The van der Waals surface area contributed by atoms with E-state index in [1.807, 2.05) is 6.07 Å². The van der Waals surface area contributed by atoms with Crippen molar-refractivity contribution in [2.75, 3.05) is 37.6 Å². The maximum Gasteiger partial charge on any atom is 0.182 e. The van der Waals surface area contributed by atoms with Crippen molar-refractivity contribution in [3.63, 3.8) is 0 Å². The molecule has 1 N–H and O–H groups in total. The Morgan fingerprint density at radius 2 is 1.83 bits per heavy atom. The normalized spacial score (nSPS) is 16.2. The Morgan fingerprint density at radius 1 is 1.00 bits per heavy atom. The lowest BCUT2D eigenvalue weighted by atomic mass is 10.2. The Hall–Kier alpha value is -2.73. The highest BCUT2D eigenvalue weighted by Gasteiger charge is 2.19. The molecule has 0 amide bonds. The van der Waals surface area contributed by atoms with Gasteiger partial charge in [-0.25, -0.2) is 15.0 Å². The van der Waals surface area contributed by atoms with Crippen molar-refractivity contribution in [3.8, 4) is 0 Å². The van der Waals surface area contributed by atoms with E-state index in [1.54, 1.807) is 12.7 Å². The van der Waals surface area contributed by atoms with Crippen LogP contribution in [-0.2, 0) is 0 Å². The van der Waals surface area contributed by atoms with Crippen molar-refractivity contribution < 1.29 is 0 Å². The van der Waals surface area contributed by atoms with Crippen LogP contribution in [0.3, 0.4) is 0 Å². The molecule has 2 aromatic heterocycles. The van der Waals surface area contributed by atoms with E-state index in [0.29, 0.717) is 0 Å². The van der Waals surface area contributed by atoms with Gasteiger partial charge in [0.1, 0.15) is 11.8 Å². The van der Waals surface area contributed by atoms with E-state index < -0.39 is 0 Å². The van der Waals surface area contributed by atoms with E-state index in [1.165, 1.54) is 5.56 Å². The number of aromatic amines is 1. The molecule has 4 rings (SSSR count). The first kappa shape index (κ1) is 14.8. The molecule has 0 unspecified atom stereocenters. The van der Waals surface area contributed by atoms with E-state index in [9.17, 15) is 0 Å². The number of nitrogens with one attached hydrogen (secondary N) is 1. The number of imidazole rings is 1. The molecule has 1 saturated heterocycles. The highest BCUT2D eigenvalue weighted by Crippen LogP contribution is 2.20. The van der Waals surface area contributed by atoms with Gasteiger partial charge >= 0.3 is 0 Å². The molecule has 6 heteroatoms. The van der Waals surface area contributed by atoms with Crippen molar-refractivity contribution in [2.24, 2.45) is 0 Å². The second-order valence-electron chi connectivity index (χ2n) is 5.90. The van der Waals surface area contributed by atoms with Gasteiger partial charge in [0.25, 0.3) is 0 Å². The van der Waals surface area contributed by atoms with Gasteiger partial charge < -0.3 is 9.88 Å². The summed E-state index contributed by atoms with van der Waals surface area (Å²) in [5.74, 6) is 0.956. The molecule has 0 spiro atoms. The zero-order chi connectivity index (χ0) is 16.2. The fourth-order valence-electron chi connectivity index (χ4n) is 3.04. The number of hydrogen-bond acceptors (Lipinski definition) is 5. The van der Waals surface area contributed by atoms with E-state index in [-0.39, 0.29) is 0 Å². The summed E-state index contributed by atoms with van der Waals surface area (Å²) in [6, 6.07) is 10.4. The van der Waals surface area contributed by atoms with Gasteiger partial charge in [-0.3, -0.25) is 4.90 Å². The third-order valence-corrected chi connectivity index (χ3v) is 4.35. The second-order valence-corrected chi connectivity index (χ2v) is 5.90. The lowest BCUT2D eigenvalue weighted by molar-refractivity contribution is 0.284. The molecular formula is C18H20N6. The molecule has 1 aliphatic heterocycles. The van der Waals surface area contributed by atoms with Crippen LogP contribution < -0.4 is 4.90 Å². The SMILES string of the molecule is C(=Cc1ccccc1)CN1CCN(c2ncnc3nc[nH]c23)CC1.